The number of anilines is 2. The first-order valence-electron chi connectivity index (χ1n) is 8.70. The van der Waals surface area contributed by atoms with Crippen molar-refractivity contribution in [1.29, 1.82) is 0 Å². The summed E-state index contributed by atoms with van der Waals surface area (Å²) in [4.78, 5) is 14.1. The number of hydrogen-bond donors (Lipinski definition) is 2. The molecule has 0 radical (unpaired) electrons. The van der Waals surface area contributed by atoms with Crippen LogP contribution in [0.5, 0.6) is 0 Å². The molecule has 4 rings (SSSR count). The zero-order valence-electron chi connectivity index (χ0n) is 14.7. The van der Waals surface area contributed by atoms with Gasteiger partial charge in [-0.3, -0.25) is 4.98 Å². The first-order valence-corrected chi connectivity index (χ1v) is 9.51. The maximum atomic E-state index is 4.46. The number of pyridine rings is 2. The summed E-state index contributed by atoms with van der Waals surface area (Å²) in [6.07, 6.45) is 7.36. The van der Waals surface area contributed by atoms with Gasteiger partial charge in [-0.2, -0.15) is 0 Å². The Morgan fingerprint density at radius 1 is 0.815 bits per heavy atom. The fourth-order valence-electron chi connectivity index (χ4n) is 2.68. The van der Waals surface area contributed by atoms with Gasteiger partial charge < -0.3 is 10.6 Å². The van der Waals surface area contributed by atoms with Crippen molar-refractivity contribution in [2.75, 3.05) is 5.32 Å². The number of nitrogens with zero attached hydrogens (tertiary/aromatic N) is 3. The van der Waals surface area contributed by atoms with Crippen LogP contribution in [0.3, 0.4) is 0 Å². The van der Waals surface area contributed by atoms with Gasteiger partial charge in [0.15, 0.2) is 5.13 Å². The van der Waals surface area contributed by atoms with Gasteiger partial charge >= 0.3 is 0 Å². The van der Waals surface area contributed by atoms with Crippen molar-refractivity contribution in [3.8, 4) is 10.4 Å². The molecule has 6 heteroatoms. The molecule has 1 aromatic carbocycles. The molecule has 0 aliphatic carbocycles. The monoisotopic (exact) mass is 373 g/mol. The van der Waals surface area contributed by atoms with Crippen LogP contribution in [0, 0.1) is 0 Å². The van der Waals surface area contributed by atoms with Crippen LogP contribution in [0.15, 0.2) is 79.4 Å². The van der Waals surface area contributed by atoms with E-state index in [1.54, 1.807) is 17.5 Å². The molecule has 0 atom stereocenters. The summed E-state index contributed by atoms with van der Waals surface area (Å²) in [5.41, 5.74) is 3.50. The Morgan fingerprint density at radius 2 is 1.70 bits per heavy atom. The third-order valence-corrected chi connectivity index (χ3v) is 4.97. The number of rotatable bonds is 7. The van der Waals surface area contributed by atoms with Crippen LogP contribution in [0.4, 0.5) is 10.9 Å². The molecule has 2 N–H and O–H groups in total. The molecule has 3 aromatic heterocycles. The maximum Gasteiger partial charge on any atom is 0.188 e. The van der Waals surface area contributed by atoms with Gasteiger partial charge in [0.25, 0.3) is 0 Å². The lowest BCUT2D eigenvalue weighted by molar-refractivity contribution is 0.691. The molecule has 0 bridgehead atoms. The van der Waals surface area contributed by atoms with Crippen molar-refractivity contribution >= 4 is 22.3 Å². The van der Waals surface area contributed by atoms with Gasteiger partial charge in [-0.05, 0) is 34.9 Å². The average molecular weight is 373 g/mol. The van der Waals surface area contributed by atoms with Crippen LogP contribution >= 0.6 is 11.3 Å². The first kappa shape index (κ1) is 17.3. The van der Waals surface area contributed by atoms with E-state index in [1.807, 2.05) is 55.0 Å². The first-order chi connectivity index (χ1) is 13.4. The molecule has 0 saturated carbocycles. The SMILES string of the molecule is c1ccc(-c2cnc(Nc3cc(CNCc4cccnc4)ccn3)s2)cc1. The zero-order chi connectivity index (χ0) is 18.3. The number of thiazole rings is 1. The number of aromatic nitrogens is 3. The summed E-state index contributed by atoms with van der Waals surface area (Å²) < 4.78 is 0. The van der Waals surface area contributed by atoms with E-state index in [-0.39, 0.29) is 0 Å². The zero-order valence-corrected chi connectivity index (χ0v) is 15.5. The maximum absolute atomic E-state index is 4.46. The van der Waals surface area contributed by atoms with Gasteiger partial charge in [-0.15, -0.1) is 0 Å². The predicted octanol–water partition coefficient (Wildman–Crippen LogP) is 4.63. The summed E-state index contributed by atoms with van der Waals surface area (Å²) in [6, 6.07) is 18.3. The minimum absolute atomic E-state index is 0.763. The molecular weight excluding hydrogens is 354 g/mol. The Kier molecular flexibility index (Phi) is 5.47. The van der Waals surface area contributed by atoms with Crippen molar-refractivity contribution in [2.24, 2.45) is 0 Å². The van der Waals surface area contributed by atoms with E-state index >= 15 is 0 Å². The van der Waals surface area contributed by atoms with E-state index in [0.717, 1.165) is 34.5 Å². The van der Waals surface area contributed by atoms with E-state index in [0.29, 0.717) is 0 Å². The topological polar surface area (TPSA) is 62.7 Å². The van der Waals surface area contributed by atoms with Crippen LogP contribution in [-0.2, 0) is 13.1 Å². The van der Waals surface area contributed by atoms with Crippen LogP contribution < -0.4 is 10.6 Å². The van der Waals surface area contributed by atoms with Crippen LogP contribution in [0.25, 0.3) is 10.4 Å². The third-order valence-electron chi connectivity index (χ3n) is 4.00. The van der Waals surface area contributed by atoms with Crippen molar-refractivity contribution in [3.63, 3.8) is 0 Å². The summed E-state index contributed by atoms with van der Waals surface area (Å²) in [5, 5.41) is 7.56. The molecular formula is C21H19N5S. The van der Waals surface area contributed by atoms with Crippen LogP contribution in [0.1, 0.15) is 11.1 Å². The second-order valence-electron chi connectivity index (χ2n) is 6.03. The second kappa shape index (κ2) is 8.53. The Labute approximate surface area is 162 Å². The second-order valence-corrected chi connectivity index (χ2v) is 7.07. The number of hydrogen-bond acceptors (Lipinski definition) is 6. The predicted molar refractivity (Wildman–Crippen MR) is 110 cm³/mol. The van der Waals surface area contributed by atoms with Crippen molar-refractivity contribution < 1.29 is 0 Å². The molecule has 134 valence electrons. The number of nitrogens with one attached hydrogen (secondary N) is 2. The van der Waals surface area contributed by atoms with E-state index in [9.17, 15) is 0 Å². The van der Waals surface area contributed by atoms with E-state index in [1.165, 1.54) is 11.1 Å². The van der Waals surface area contributed by atoms with Crippen LogP contribution in [-0.4, -0.2) is 15.0 Å². The highest BCUT2D eigenvalue weighted by molar-refractivity contribution is 7.18. The third kappa shape index (κ3) is 4.75. The highest BCUT2D eigenvalue weighted by atomic mass is 32.1. The molecule has 0 fully saturated rings. The molecule has 0 aliphatic rings. The highest BCUT2D eigenvalue weighted by Gasteiger charge is 2.05. The molecule has 3 heterocycles. The summed E-state index contributed by atoms with van der Waals surface area (Å²) >= 11 is 1.62. The molecule has 0 aliphatic heterocycles. The Balaban J connectivity index is 1.37. The number of benzene rings is 1. The lowest BCUT2D eigenvalue weighted by Gasteiger charge is -2.07. The van der Waals surface area contributed by atoms with Crippen molar-refractivity contribution in [2.45, 2.75) is 13.1 Å². The molecule has 27 heavy (non-hydrogen) atoms. The van der Waals surface area contributed by atoms with Gasteiger partial charge in [-0.25, -0.2) is 9.97 Å². The highest BCUT2D eigenvalue weighted by Crippen LogP contribution is 2.30. The van der Waals surface area contributed by atoms with E-state index in [2.05, 4.69) is 43.8 Å². The van der Waals surface area contributed by atoms with Crippen molar-refractivity contribution in [1.82, 2.24) is 20.3 Å². The smallest absolute Gasteiger partial charge is 0.188 e. The van der Waals surface area contributed by atoms with Gasteiger partial charge in [-0.1, -0.05) is 47.7 Å². The van der Waals surface area contributed by atoms with Crippen LogP contribution in [0.2, 0.25) is 0 Å². The summed E-state index contributed by atoms with van der Waals surface area (Å²) in [6.45, 7) is 1.55. The Bertz CT molecular complexity index is 986. The molecule has 0 saturated heterocycles. The lowest BCUT2D eigenvalue weighted by Crippen LogP contribution is -2.13. The molecule has 0 spiro atoms. The minimum atomic E-state index is 0.763. The standard InChI is InChI=1S/C21H19N5S/c1-2-6-18(7-3-1)19-15-25-21(27-19)26-20-11-16(8-10-24-20)12-23-14-17-5-4-9-22-13-17/h1-11,13,15,23H,12,14H2,(H,24,25,26). The quantitative estimate of drug-likeness (QED) is 0.494. The molecule has 4 aromatic rings. The van der Waals surface area contributed by atoms with Gasteiger partial charge in [0.1, 0.15) is 5.82 Å². The van der Waals surface area contributed by atoms with Gasteiger partial charge in [0.2, 0.25) is 0 Å². The molecule has 0 amide bonds. The fourth-order valence-corrected chi connectivity index (χ4v) is 3.51. The average Bonchev–Trinajstić information content (AvgIpc) is 3.18. The van der Waals surface area contributed by atoms with E-state index < -0.39 is 0 Å². The lowest BCUT2D eigenvalue weighted by atomic mass is 10.2. The minimum Gasteiger partial charge on any atom is -0.316 e. The Morgan fingerprint density at radius 3 is 2.56 bits per heavy atom. The van der Waals surface area contributed by atoms with Gasteiger partial charge in [0, 0.05) is 37.9 Å². The van der Waals surface area contributed by atoms with E-state index in [4.69, 9.17) is 0 Å². The fraction of sp³-hybridized carbons (Fsp3) is 0.0952. The van der Waals surface area contributed by atoms with Gasteiger partial charge in [0.05, 0.1) is 4.88 Å². The molecule has 5 nitrogen and oxygen atoms in total. The summed E-state index contributed by atoms with van der Waals surface area (Å²) in [7, 11) is 0. The Hall–Kier alpha value is -3.09. The summed E-state index contributed by atoms with van der Waals surface area (Å²) in [5.74, 6) is 0.796. The molecule has 0 unspecified atom stereocenters. The van der Waals surface area contributed by atoms with Crippen molar-refractivity contribution in [3.05, 3.63) is 90.5 Å². The largest absolute Gasteiger partial charge is 0.316 e. The normalized spacial score (nSPS) is 10.7.